The van der Waals surface area contributed by atoms with Crippen LogP contribution in [0.25, 0.3) is 21.9 Å². The van der Waals surface area contributed by atoms with Crippen LogP contribution in [-0.2, 0) is 23.8 Å². The second-order valence-electron chi connectivity index (χ2n) is 16.1. The molecule has 0 spiro atoms. The molecule has 4 aromatic carbocycles. The van der Waals surface area contributed by atoms with Crippen LogP contribution in [0.2, 0.25) is 0 Å². The molecule has 3 amide bonds. The van der Waals surface area contributed by atoms with Crippen LogP contribution in [0, 0.1) is 0 Å². The van der Waals surface area contributed by atoms with Crippen molar-refractivity contribution in [3.8, 4) is 11.1 Å². The fourth-order valence-electron chi connectivity index (χ4n) is 7.10. The number of benzene rings is 4. The molecule has 292 valence electrons. The van der Waals surface area contributed by atoms with Crippen LogP contribution in [0.4, 0.5) is 9.59 Å². The smallest absolute Gasteiger partial charge is 0.407 e. The summed E-state index contributed by atoms with van der Waals surface area (Å²) in [6.45, 7) is 13.2. The van der Waals surface area contributed by atoms with Crippen molar-refractivity contribution in [3.63, 3.8) is 0 Å². The van der Waals surface area contributed by atoms with Gasteiger partial charge in [0.1, 0.15) is 23.9 Å². The zero-order valence-electron chi connectivity index (χ0n) is 33.1. The highest BCUT2D eigenvalue weighted by atomic mass is 16.6. The molecule has 10 heteroatoms. The summed E-state index contributed by atoms with van der Waals surface area (Å²) in [4.78, 5) is 55.3. The molecule has 0 unspecified atom stereocenters. The lowest BCUT2D eigenvalue weighted by Crippen LogP contribution is -2.50. The predicted octanol–water partition coefficient (Wildman–Crippen LogP) is 9.06. The van der Waals surface area contributed by atoms with Crippen molar-refractivity contribution in [2.45, 2.75) is 103 Å². The van der Waals surface area contributed by atoms with E-state index in [1.807, 2.05) is 73.7 Å². The van der Waals surface area contributed by atoms with Gasteiger partial charge in [-0.25, -0.2) is 9.59 Å². The lowest BCUT2D eigenvalue weighted by molar-refractivity contribution is -0.155. The fourth-order valence-corrected chi connectivity index (χ4v) is 7.10. The fraction of sp³-hybridized carbons (Fsp3) is 0.422. The van der Waals surface area contributed by atoms with Crippen LogP contribution >= 0.6 is 0 Å². The number of hydrogen-bond acceptors (Lipinski definition) is 7. The van der Waals surface area contributed by atoms with E-state index in [2.05, 4.69) is 34.9 Å². The monoisotopic (exact) mass is 749 g/mol. The maximum atomic E-state index is 14.8. The first-order chi connectivity index (χ1) is 26.1. The number of fused-ring (bicyclic) bond motifs is 4. The molecule has 5 rings (SSSR count). The SMILES string of the molecule is C[C@@H](c1cccc2ccccc12)N(CCC(=O)OC(C)(C)C)C(=O)[C@H](CCCCNC(=O)OC(C)(C)C)NC(=O)OCC1c2ccccc2-c2ccccc21. The molecule has 1 aliphatic rings. The first kappa shape index (κ1) is 40.8. The number of carbonyl (C=O) groups excluding carboxylic acids is 4. The van der Waals surface area contributed by atoms with Crippen LogP contribution in [0.3, 0.4) is 0 Å². The van der Waals surface area contributed by atoms with Crippen molar-refractivity contribution in [2.75, 3.05) is 19.7 Å². The number of nitrogens with one attached hydrogen (secondary N) is 2. The third-order valence-corrected chi connectivity index (χ3v) is 9.52. The van der Waals surface area contributed by atoms with Crippen LogP contribution in [0.1, 0.15) is 103 Å². The molecule has 10 nitrogen and oxygen atoms in total. The molecule has 0 aromatic heterocycles. The van der Waals surface area contributed by atoms with E-state index in [1.54, 1.807) is 46.4 Å². The zero-order valence-corrected chi connectivity index (χ0v) is 33.1. The normalized spacial score (nSPS) is 13.6. The highest BCUT2D eigenvalue weighted by molar-refractivity contribution is 5.89. The summed E-state index contributed by atoms with van der Waals surface area (Å²) in [7, 11) is 0. The molecule has 55 heavy (non-hydrogen) atoms. The Balaban J connectivity index is 1.36. The van der Waals surface area contributed by atoms with Gasteiger partial charge in [-0.3, -0.25) is 9.59 Å². The molecule has 1 aliphatic carbocycles. The second kappa shape index (κ2) is 17.8. The molecular weight excluding hydrogens is 695 g/mol. The quantitative estimate of drug-likeness (QED) is 0.0749. The molecule has 2 atom stereocenters. The molecule has 0 bridgehead atoms. The van der Waals surface area contributed by atoms with Gasteiger partial charge in [-0.1, -0.05) is 91.0 Å². The van der Waals surface area contributed by atoms with Crippen molar-refractivity contribution in [2.24, 2.45) is 0 Å². The Bertz CT molecular complexity index is 1930. The van der Waals surface area contributed by atoms with Crippen LogP contribution < -0.4 is 10.6 Å². The van der Waals surface area contributed by atoms with Gasteiger partial charge in [0, 0.05) is 19.0 Å². The molecule has 0 saturated carbocycles. The number of alkyl carbamates (subject to hydrolysis) is 2. The van der Waals surface area contributed by atoms with Crippen LogP contribution in [-0.4, -0.2) is 65.9 Å². The summed E-state index contributed by atoms with van der Waals surface area (Å²) >= 11 is 0. The third-order valence-electron chi connectivity index (χ3n) is 9.52. The topological polar surface area (TPSA) is 123 Å². The number of esters is 1. The molecule has 4 aromatic rings. The molecule has 0 fully saturated rings. The molecular formula is C45H55N3O7. The maximum Gasteiger partial charge on any atom is 0.407 e. The minimum atomic E-state index is -0.978. The molecule has 0 aliphatic heterocycles. The third kappa shape index (κ3) is 11.1. The van der Waals surface area contributed by atoms with Gasteiger partial charge in [0.15, 0.2) is 0 Å². The lowest BCUT2D eigenvalue weighted by atomic mass is 9.97. The van der Waals surface area contributed by atoms with Gasteiger partial charge in [0.2, 0.25) is 5.91 Å². The largest absolute Gasteiger partial charge is 0.460 e. The standard InChI is InChI=1S/C45H55N3O7/c1-30(32-24-16-18-31-17-8-9-19-33(31)32)48(28-26-40(49)54-44(2,3)4)41(50)39(25-14-15-27-46-42(51)55-45(5,6)7)47-43(52)53-29-38-36-22-12-10-20-34(36)35-21-11-13-23-37(35)38/h8-13,16-24,30,38-39H,14-15,25-29H2,1-7H3,(H,46,51)(H,47,52)/t30-,39-/m0/s1. The van der Waals surface area contributed by atoms with E-state index in [0.717, 1.165) is 38.6 Å². The van der Waals surface area contributed by atoms with Crippen molar-refractivity contribution >= 4 is 34.8 Å². The highest BCUT2D eigenvalue weighted by Crippen LogP contribution is 2.44. The Hall–Kier alpha value is -5.38. The Morgan fingerprint density at radius 3 is 1.98 bits per heavy atom. The first-order valence-electron chi connectivity index (χ1n) is 19.2. The minimum absolute atomic E-state index is 0.0322. The first-order valence-corrected chi connectivity index (χ1v) is 19.2. The van der Waals surface area contributed by atoms with Gasteiger partial charge < -0.3 is 29.7 Å². The minimum Gasteiger partial charge on any atom is -0.460 e. The van der Waals surface area contributed by atoms with E-state index in [4.69, 9.17) is 14.2 Å². The van der Waals surface area contributed by atoms with E-state index in [-0.39, 0.29) is 37.8 Å². The molecule has 2 N–H and O–H groups in total. The maximum absolute atomic E-state index is 14.8. The highest BCUT2D eigenvalue weighted by Gasteiger charge is 2.33. The summed E-state index contributed by atoms with van der Waals surface area (Å²) in [5, 5.41) is 7.66. The van der Waals surface area contributed by atoms with Gasteiger partial charge in [-0.2, -0.15) is 0 Å². The average molecular weight is 750 g/mol. The van der Waals surface area contributed by atoms with Crippen molar-refractivity contribution in [3.05, 3.63) is 108 Å². The van der Waals surface area contributed by atoms with Crippen LogP contribution in [0.15, 0.2) is 91.0 Å². The average Bonchev–Trinajstić information content (AvgIpc) is 3.45. The van der Waals surface area contributed by atoms with Crippen molar-refractivity contribution in [1.82, 2.24) is 15.5 Å². The van der Waals surface area contributed by atoms with Gasteiger partial charge in [0.05, 0.1) is 12.5 Å². The van der Waals surface area contributed by atoms with E-state index in [0.29, 0.717) is 19.4 Å². The van der Waals surface area contributed by atoms with E-state index in [9.17, 15) is 19.2 Å². The van der Waals surface area contributed by atoms with Crippen molar-refractivity contribution < 1.29 is 33.4 Å². The predicted molar refractivity (Wildman–Crippen MR) is 215 cm³/mol. The van der Waals surface area contributed by atoms with Gasteiger partial charge >= 0.3 is 18.2 Å². The summed E-state index contributed by atoms with van der Waals surface area (Å²) in [5.74, 6) is -0.926. The van der Waals surface area contributed by atoms with E-state index >= 15 is 0 Å². The van der Waals surface area contributed by atoms with Crippen molar-refractivity contribution in [1.29, 1.82) is 0 Å². The van der Waals surface area contributed by atoms with Crippen LogP contribution in [0.5, 0.6) is 0 Å². The zero-order chi connectivity index (χ0) is 39.8. The summed E-state index contributed by atoms with van der Waals surface area (Å²) in [5.41, 5.74) is 3.99. The van der Waals surface area contributed by atoms with E-state index < -0.39 is 41.4 Å². The Morgan fingerprint density at radius 2 is 1.33 bits per heavy atom. The Kier molecular flexibility index (Phi) is 13.2. The number of ether oxygens (including phenoxy) is 3. The number of unbranched alkanes of at least 4 members (excludes halogenated alkanes) is 1. The number of carbonyl (C=O) groups is 4. The summed E-state index contributed by atoms with van der Waals surface area (Å²) in [6.07, 6.45) is 0.0378. The van der Waals surface area contributed by atoms with Gasteiger partial charge in [-0.05, 0) is 106 Å². The lowest BCUT2D eigenvalue weighted by Gasteiger charge is -2.34. The van der Waals surface area contributed by atoms with Gasteiger partial charge in [0.25, 0.3) is 0 Å². The second-order valence-corrected chi connectivity index (χ2v) is 16.1. The van der Waals surface area contributed by atoms with Gasteiger partial charge in [-0.15, -0.1) is 0 Å². The Labute approximate surface area is 324 Å². The number of hydrogen-bond donors (Lipinski definition) is 2. The summed E-state index contributed by atoms with van der Waals surface area (Å²) in [6, 6.07) is 28.7. The number of rotatable bonds is 14. The summed E-state index contributed by atoms with van der Waals surface area (Å²) < 4.78 is 16.9. The number of nitrogens with zero attached hydrogens (tertiary/aromatic N) is 1. The van der Waals surface area contributed by atoms with E-state index in [1.165, 1.54) is 0 Å². The molecule has 0 radical (unpaired) electrons. The number of amides is 3. The molecule has 0 saturated heterocycles. The Morgan fingerprint density at radius 1 is 0.727 bits per heavy atom. The molecule has 0 heterocycles.